The fourth-order valence-corrected chi connectivity index (χ4v) is 5.60. The van der Waals surface area contributed by atoms with Crippen LogP contribution in [0.3, 0.4) is 0 Å². The number of hydrogen-bond acceptors (Lipinski definition) is 9. The van der Waals surface area contributed by atoms with E-state index in [9.17, 15) is 13.2 Å². The highest BCUT2D eigenvalue weighted by atomic mass is 32.2. The Labute approximate surface area is 195 Å². The third-order valence-corrected chi connectivity index (χ3v) is 7.71. The molecule has 1 amide bonds. The summed E-state index contributed by atoms with van der Waals surface area (Å²) in [6.45, 7) is 5.81. The van der Waals surface area contributed by atoms with E-state index in [0.717, 1.165) is 24.2 Å². The Morgan fingerprint density at radius 3 is 2.67 bits per heavy atom. The topological polar surface area (TPSA) is 124 Å². The fourth-order valence-electron chi connectivity index (χ4n) is 3.38. The molecule has 3 aromatic rings. The summed E-state index contributed by atoms with van der Waals surface area (Å²) in [6, 6.07) is 6.39. The minimum Gasteiger partial charge on any atom is -0.494 e. The molecule has 0 atom stereocenters. The number of anilines is 1. The number of hydrogen-bond donors (Lipinski definition) is 1. The Bertz CT molecular complexity index is 1230. The summed E-state index contributed by atoms with van der Waals surface area (Å²) < 4.78 is 44.8. The Kier molecular flexibility index (Phi) is 6.84. The third-order valence-electron chi connectivity index (χ3n) is 4.91. The summed E-state index contributed by atoms with van der Waals surface area (Å²) in [5.41, 5.74) is 0.716. The van der Waals surface area contributed by atoms with Gasteiger partial charge in [-0.3, -0.25) is 9.52 Å². The third kappa shape index (κ3) is 5.11. The quantitative estimate of drug-likeness (QED) is 0.480. The average molecular weight is 493 g/mol. The Morgan fingerprint density at radius 2 is 1.94 bits per heavy atom. The second kappa shape index (κ2) is 9.79. The van der Waals surface area contributed by atoms with Gasteiger partial charge in [0.2, 0.25) is 5.82 Å². The molecule has 0 unspecified atom stereocenters. The van der Waals surface area contributed by atoms with Crippen molar-refractivity contribution in [2.75, 3.05) is 31.0 Å². The predicted molar refractivity (Wildman–Crippen MR) is 122 cm³/mol. The molecule has 1 aliphatic rings. The molecule has 0 spiro atoms. The van der Waals surface area contributed by atoms with E-state index >= 15 is 0 Å². The molecule has 1 saturated heterocycles. The number of carbonyl (C=O) groups excluding carboxylic acids is 1. The predicted octanol–water partition coefficient (Wildman–Crippen LogP) is 3.63. The summed E-state index contributed by atoms with van der Waals surface area (Å²) in [5, 5.41) is 5.45. The molecular formula is C21H24N4O6S2. The minimum absolute atomic E-state index is 0.0546. The summed E-state index contributed by atoms with van der Waals surface area (Å²) >= 11 is 1.01. The lowest BCUT2D eigenvalue weighted by Gasteiger charge is -2.14. The number of amides is 1. The SMILES string of the molecule is CCOc1ccc(OCC)c(NS(=O)(=O)c2cc(-c3noc(C(=O)N4CCCC4)n3)cs2)c1. The van der Waals surface area contributed by atoms with Crippen LogP contribution in [0.15, 0.2) is 38.4 Å². The number of benzene rings is 1. The van der Waals surface area contributed by atoms with E-state index < -0.39 is 10.0 Å². The Morgan fingerprint density at radius 1 is 1.18 bits per heavy atom. The van der Waals surface area contributed by atoms with Crippen LogP contribution in [0.25, 0.3) is 11.4 Å². The standard InChI is InChI=1S/C21H24N4O6S2/c1-3-29-15-7-8-17(30-4-2)16(12-15)24-33(27,28)18-11-14(13-32-18)19-22-20(31-23-19)21(26)25-9-5-6-10-25/h7-8,11-13,24H,3-6,9-10H2,1-2H3. The maximum absolute atomic E-state index is 13.0. The molecule has 2 aromatic heterocycles. The minimum atomic E-state index is -3.92. The smallest absolute Gasteiger partial charge is 0.316 e. The van der Waals surface area contributed by atoms with E-state index in [2.05, 4.69) is 14.9 Å². The monoisotopic (exact) mass is 492 g/mol. The lowest BCUT2D eigenvalue weighted by Crippen LogP contribution is -2.27. The number of rotatable bonds is 9. The largest absolute Gasteiger partial charge is 0.494 e. The van der Waals surface area contributed by atoms with Gasteiger partial charge in [0.25, 0.3) is 10.0 Å². The van der Waals surface area contributed by atoms with Gasteiger partial charge in [0, 0.05) is 30.1 Å². The van der Waals surface area contributed by atoms with Gasteiger partial charge in [0.15, 0.2) is 0 Å². The van der Waals surface area contributed by atoms with Gasteiger partial charge in [-0.15, -0.1) is 11.3 Å². The molecule has 10 nitrogen and oxygen atoms in total. The van der Waals surface area contributed by atoms with Crippen LogP contribution >= 0.6 is 11.3 Å². The Balaban J connectivity index is 1.55. The summed E-state index contributed by atoms with van der Waals surface area (Å²) in [7, 11) is -3.92. The van der Waals surface area contributed by atoms with E-state index in [-0.39, 0.29) is 27.5 Å². The van der Waals surface area contributed by atoms with Crippen LogP contribution in [0.2, 0.25) is 0 Å². The lowest BCUT2D eigenvalue weighted by atomic mass is 10.3. The zero-order valence-electron chi connectivity index (χ0n) is 18.2. The summed E-state index contributed by atoms with van der Waals surface area (Å²) in [5.74, 6) is 0.656. The summed E-state index contributed by atoms with van der Waals surface area (Å²) in [6.07, 6.45) is 1.90. The molecule has 3 heterocycles. The van der Waals surface area contributed by atoms with Crippen molar-refractivity contribution in [2.24, 2.45) is 0 Å². The van der Waals surface area contributed by atoms with E-state index in [4.69, 9.17) is 14.0 Å². The molecule has 1 aliphatic heterocycles. The average Bonchev–Trinajstić information content (AvgIpc) is 3.56. The zero-order valence-corrected chi connectivity index (χ0v) is 19.9. The van der Waals surface area contributed by atoms with Crippen LogP contribution in [-0.2, 0) is 10.0 Å². The molecule has 176 valence electrons. The maximum Gasteiger partial charge on any atom is 0.316 e. The number of sulfonamides is 1. The van der Waals surface area contributed by atoms with Crippen molar-refractivity contribution >= 4 is 33.0 Å². The maximum atomic E-state index is 13.0. The second-order valence-corrected chi connectivity index (χ2v) is 10.0. The lowest BCUT2D eigenvalue weighted by molar-refractivity contribution is 0.0743. The van der Waals surface area contributed by atoms with Gasteiger partial charge >= 0.3 is 11.8 Å². The number of nitrogens with one attached hydrogen (secondary N) is 1. The van der Waals surface area contributed by atoms with E-state index in [1.807, 2.05) is 13.8 Å². The highest BCUT2D eigenvalue weighted by molar-refractivity contribution is 7.94. The summed E-state index contributed by atoms with van der Waals surface area (Å²) in [4.78, 5) is 18.2. The van der Waals surface area contributed by atoms with Crippen molar-refractivity contribution in [3.63, 3.8) is 0 Å². The molecule has 0 radical (unpaired) electrons. The van der Waals surface area contributed by atoms with Crippen molar-refractivity contribution in [3.05, 3.63) is 35.5 Å². The molecule has 33 heavy (non-hydrogen) atoms. The molecule has 0 saturated carbocycles. The molecular weight excluding hydrogens is 468 g/mol. The molecule has 0 bridgehead atoms. The Hall–Kier alpha value is -3.12. The van der Waals surface area contributed by atoms with E-state index in [0.29, 0.717) is 43.4 Å². The second-order valence-electron chi connectivity index (χ2n) is 7.21. The first kappa shape index (κ1) is 23.1. The van der Waals surface area contributed by atoms with Gasteiger partial charge in [-0.1, -0.05) is 5.16 Å². The molecule has 1 fully saturated rings. The number of aromatic nitrogens is 2. The van der Waals surface area contributed by atoms with Crippen molar-refractivity contribution in [1.29, 1.82) is 0 Å². The fraction of sp³-hybridized carbons (Fsp3) is 0.381. The zero-order chi connectivity index (χ0) is 23.4. The van der Waals surface area contributed by atoms with Crippen LogP contribution in [0.1, 0.15) is 37.4 Å². The highest BCUT2D eigenvalue weighted by Crippen LogP contribution is 2.33. The molecule has 1 N–H and O–H groups in total. The van der Waals surface area contributed by atoms with E-state index in [1.165, 1.54) is 6.07 Å². The van der Waals surface area contributed by atoms with Gasteiger partial charge in [-0.2, -0.15) is 4.98 Å². The van der Waals surface area contributed by atoms with Crippen LogP contribution in [0, 0.1) is 0 Å². The van der Waals surface area contributed by atoms with Gasteiger partial charge in [-0.25, -0.2) is 8.42 Å². The van der Waals surface area contributed by atoms with Crippen LogP contribution in [0.4, 0.5) is 5.69 Å². The normalized spacial score (nSPS) is 13.8. The first-order valence-corrected chi connectivity index (χ1v) is 12.9. The van der Waals surface area contributed by atoms with Crippen LogP contribution in [-0.4, -0.2) is 55.7 Å². The van der Waals surface area contributed by atoms with Gasteiger partial charge in [-0.05, 0) is 44.9 Å². The van der Waals surface area contributed by atoms with Crippen LogP contribution in [0.5, 0.6) is 11.5 Å². The number of likely N-dealkylation sites (tertiary alicyclic amines) is 1. The van der Waals surface area contributed by atoms with Crippen LogP contribution < -0.4 is 14.2 Å². The number of thiophene rings is 1. The number of nitrogens with zero attached hydrogens (tertiary/aromatic N) is 3. The van der Waals surface area contributed by atoms with Crippen molar-refractivity contribution in [2.45, 2.75) is 30.9 Å². The molecule has 1 aromatic carbocycles. The first-order valence-electron chi connectivity index (χ1n) is 10.6. The van der Waals surface area contributed by atoms with Crippen molar-refractivity contribution < 1.29 is 27.2 Å². The molecule has 0 aliphatic carbocycles. The van der Waals surface area contributed by atoms with Crippen molar-refractivity contribution in [3.8, 4) is 22.9 Å². The molecule has 12 heteroatoms. The van der Waals surface area contributed by atoms with Gasteiger partial charge in [0.1, 0.15) is 15.7 Å². The number of carbonyl (C=O) groups is 1. The highest BCUT2D eigenvalue weighted by Gasteiger charge is 2.26. The van der Waals surface area contributed by atoms with Crippen molar-refractivity contribution in [1.82, 2.24) is 15.0 Å². The van der Waals surface area contributed by atoms with Gasteiger partial charge in [0.05, 0.1) is 18.9 Å². The number of ether oxygens (including phenoxy) is 2. The first-order chi connectivity index (χ1) is 15.9. The molecule has 4 rings (SSSR count). The van der Waals surface area contributed by atoms with E-state index in [1.54, 1.807) is 28.5 Å². The van der Waals surface area contributed by atoms with Gasteiger partial charge < -0.3 is 18.9 Å².